The van der Waals surface area contributed by atoms with Gasteiger partial charge in [-0.2, -0.15) is 0 Å². The van der Waals surface area contributed by atoms with E-state index < -0.39 is 12.0 Å². The molecule has 0 aliphatic carbocycles. The van der Waals surface area contributed by atoms with Crippen LogP contribution >= 0.6 is 0 Å². The topological polar surface area (TPSA) is 38.8 Å². The van der Waals surface area contributed by atoms with Gasteiger partial charge in [-0.05, 0) is 61.7 Å². The van der Waals surface area contributed by atoms with Gasteiger partial charge in [0.25, 0.3) is 0 Å². The third-order valence-corrected chi connectivity index (χ3v) is 6.34. The highest BCUT2D eigenvalue weighted by Crippen LogP contribution is 2.42. The van der Waals surface area contributed by atoms with Crippen molar-refractivity contribution in [2.45, 2.75) is 43.6 Å². The Bertz CT molecular complexity index is 810. The molecule has 0 N–H and O–H groups in total. The number of esters is 1. The number of methoxy groups -OCH3 is 1. The fourth-order valence-electron chi connectivity index (χ4n) is 4.81. The molecule has 0 saturated carbocycles. The summed E-state index contributed by atoms with van der Waals surface area (Å²) in [6.45, 7) is 0. The molecular formula is C23H25F2NO3. The van der Waals surface area contributed by atoms with Gasteiger partial charge in [0.2, 0.25) is 0 Å². The van der Waals surface area contributed by atoms with Gasteiger partial charge in [-0.25, -0.2) is 8.78 Å². The van der Waals surface area contributed by atoms with E-state index in [-0.39, 0.29) is 29.7 Å². The molecule has 29 heavy (non-hydrogen) atoms. The Morgan fingerprint density at radius 1 is 1.00 bits per heavy atom. The average molecular weight is 401 g/mol. The monoisotopic (exact) mass is 401 g/mol. The number of nitrogens with zero attached hydrogens (tertiary/aromatic N) is 1. The van der Waals surface area contributed by atoms with Crippen LogP contribution in [0.2, 0.25) is 0 Å². The minimum absolute atomic E-state index is 0.0771. The van der Waals surface area contributed by atoms with Crippen LogP contribution in [-0.4, -0.2) is 43.2 Å². The smallest absolute Gasteiger partial charge is 0.312 e. The van der Waals surface area contributed by atoms with Crippen molar-refractivity contribution in [3.8, 4) is 0 Å². The fraction of sp³-hybridized carbons (Fsp3) is 0.435. The van der Waals surface area contributed by atoms with Crippen LogP contribution in [0.25, 0.3) is 0 Å². The first-order valence-electron chi connectivity index (χ1n) is 9.94. The lowest BCUT2D eigenvalue weighted by atomic mass is 9.87. The summed E-state index contributed by atoms with van der Waals surface area (Å²) < 4.78 is 38.6. The molecule has 2 aromatic carbocycles. The van der Waals surface area contributed by atoms with Crippen molar-refractivity contribution in [2.24, 2.45) is 5.92 Å². The van der Waals surface area contributed by atoms with E-state index in [0.717, 1.165) is 24.0 Å². The lowest BCUT2D eigenvalue weighted by Crippen LogP contribution is -2.53. The normalized spacial score (nSPS) is 26.7. The number of halogens is 2. The standard InChI is InChI=1S/C23H25F2NO3/c1-26-18-11-12-19(26)21(23(27)28-2)20(13-18)29-22(14-3-7-16(24)8-4-14)15-5-9-17(25)10-6-15/h3-10,18-22H,11-13H2,1-2H3/t18-,19+,20-,21+/m0/s1. The molecule has 6 heteroatoms. The lowest BCUT2D eigenvalue weighted by Gasteiger charge is -2.42. The highest BCUT2D eigenvalue weighted by atomic mass is 19.1. The number of hydrogen-bond acceptors (Lipinski definition) is 4. The number of hydrogen-bond donors (Lipinski definition) is 0. The second-order valence-corrected chi connectivity index (χ2v) is 7.91. The summed E-state index contributed by atoms with van der Waals surface area (Å²) in [5, 5.41) is 0. The highest BCUT2D eigenvalue weighted by Gasteiger charge is 2.50. The maximum Gasteiger partial charge on any atom is 0.312 e. The van der Waals surface area contributed by atoms with Gasteiger partial charge >= 0.3 is 5.97 Å². The maximum absolute atomic E-state index is 13.5. The van der Waals surface area contributed by atoms with Crippen molar-refractivity contribution >= 4 is 5.97 Å². The third kappa shape index (κ3) is 3.91. The Balaban J connectivity index is 1.68. The summed E-state index contributed by atoms with van der Waals surface area (Å²) in [6.07, 6.45) is 1.80. The van der Waals surface area contributed by atoms with Crippen LogP contribution in [0, 0.1) is 17.6 Å². The average Bonchev–Trinajstić information content (AvgIpc) is 2.96. The van der Waals surface area contributed by atoms with Crippen LogP contribution < -0.4 is 0 Å². The maximum atomic E-state index is 13.5. The molecule has 0 aromatic heterocycles. The van der Waals surface area contributed by atoms with E-state index in [1.165, 1.54) is 31.4 Å². The van der Waals surface area contributed by atoms with Gasteiger partial charge in [0.05, 0.1) is 19.1 Å². The Morgan fingerprint density at radius 3 is 2.07 bits per heavy atom. The van der Waals surface area contributed by atoms with Gasteiger partial charge in [-0.15, -0.1) is 0 Å². The van der Waals surface area contributed by atoms with Crippen LogP contribution in [0.1, 0.15) is 36.5 Å². The zero-order valence-electron chi connectivity index (χ0n) is 16.6. The second kappa shape index (κ2) is 8.20. The molecule has 2 aliphatic heterocycles. The first-order valence-corrected chi connectivity index (χ1v) is 9.94. The largest absolute Gasteiger partial charge is 0.469 e. The minimum atomic E-state index is -0.531. The lowest BCUT2D eigenvalue weighted by molar-refractivity contribution is -0.162. The molecule has 0 amide bonds. The predicted octanol–water partition coefficient (Wildman–Crippen LogP) is 4.10. The quantitative estimate of drug-likeness (QED) is 0.708. The first kappa shape index (κ1) is 20.0. The first-order chi connectivity index (χ1) is 14.0. The number of carbonyl (C=O) groups excluding carboxylic acids is 1. The Hall–Kier alpha value is -2.31. The number of ether oxygens (including phenoxy) is 2. The summed E-state index contributed by atoms with van der Waals surface area (Å²) in [5.74, 6) is -1.34. The van der Waals surface area contributed by atoms with E-state index in [9.17, 15) is 13.6 Å². The number of carbonyl (C=O) groups is 1. The molecule has 2 fully saturated rings. The van der Waals surface area contributed by atoms with Crippen molar-refractivity contribution in [2.75, 3.05) is 14.2 Å². The molecule has 2 heterocycles. The molecule has 2 aliphatic rings. The van der Waals surface area contributed by atoms with Crippen LogP contribution in [0.5, 0.6) is 0 Å². The summed E-state index contributed by atoms with van der Waals surface area (Å²) in [4.78, 5) is 14.9. The summed E-state index contributed by atoms with van der Waals surface area (Å²) >= 11 is 0. The van der Waals surface area contributed by atoms with Crippen LogP contribution in [0.4, 0.5) is 8.78 Å². The molecule has 0 radical (unpaired) electrons. The second-order valence-electron chi connectivity index (χ2n) is 7.91. The molecule has 2 saturated heterocycles. The van der Waals surface area contributed by atoms with E-state index in [4.69, 9.17) is 9.47 Å². The Morgan fingerprint density at radius 2 is 1.55 bits per heavy atom. The van der Waals surface area contributed by atoms with E-state index in [0.29, 0.717) is 12.5 Å². The Kier molecular flexibility index (Phi) is 5.65. The summed E-state index contributed by atoms with van der Waals surface area (Å²) in [5.41, 5.74) is 1.51. The molecule has 4 atom stereocenters. The van der Waals surface area contributed by atoms with Gasteiger partial charge in [-0.3, -0.25) is 9.69 Å². The van der Waals surface area contributed by atoms with E-state index in [2.05, 4.69) is 4.90 Å². The number of rotatable bonds is 5. The number of fused-ring (bicyclic) bond motifs is 2. The van der Waals surface area contributed by atoms with E-state index in [1.54, 1.807) is 24.3 Å². The van der Waals surface area contributed by atoms with Gasteiger partial charge in [-0.1, -0.05) is 24.3 Å². The van der Waals surface area contributed by atoms with Gasteiger partial charge < -0.3 is 9.47 Å². The highest BCUT2D eigenvalue weighted by molar-refractivity contribution is 5.74. The molecule has 154 valence electrons. The molecule has 0 unspecified atom stereocenters. The molecule has 4 nitrogen and oxygen atoms in total. The SMILES string of the molecule is COC(=O)[C@H]1[C@@H](OC(c2ccc(F)cc2)c2ccc(F)cc2)C[C@@H]2CC[C@H]1N2C. The van der Waals surface area contributed by atoms with Crippen LogP contribution in [0.15, 0.2) is 48.5 Å². The summed E-state index contributed by atoms with van der Waals surface area (Å²) in [6, 6.07) is 12.6. The zero-order chi connectivity index (χ0) is 20.5. The molecular weight excluding hydrogens is 376 g/mol. The van der Waals surface area contributed by atoms with E-state index in [1.807, 2.05) is 7.05 Å². The summed E-state index contributed by atoms with van der Waals surface area (Å²) in [7, 11) is 3.45. The number of piperidine rings is 1. The van der Waals surface area contributed by atoms with Crippen molar-refractivity contribution in [1.82, 2.24) is 4.90 Å². The van der Waals surface area contributed by atoms with Gasteiger partial charge in [0, 0.05) is 12.1 Å². The van der Waals surface area contributed by atoms with Crippen molar-refractivity contribution in [3.05, 3.63) is 71.3 Å². The third-order valence-electron chi connectivity index (χ3n) is 6.34. The van der Waals surface area contributed by atoms with E-state index >= 15 is 0 Å². The van der Waals surface area contributed by atoms with Crippen molar-refractivity contribution in [1.29, 1.82) is 0 Å². The minimum Gasteiger partial charge on any atom is -0.469 e. The van der Waals surface area contributed by atoms with Crippen molar-refractivity contribution in [3.63, 3.8) is 0 Å². The molecule has 2 aromatic rings. The molecule has 0 spiro atoms. The molecule has 2 bridgehead atoms. The number of benzene rings is 2. The predicted molar refractivity (Wildman–Crippen MR) is 104 cm³/mol. The Labute approximate surface area is 169 Å². The van der Waals surface area contributed by atoms with Gasteiger partial charge in [0.15, 0.2) is 0 Å². The zero-order valence-corrected chi connectivity index (χ0v) is 16.6. The van der Waals surface area contributed by atoms with Crippen LogP contribution in [-0.2, 0) is 14.3 Å². The van der Waals surface area contributed by atoms with Crippen LogP contribution in [0.3, 0.4) is 0 Å². The fourth-order valence-corrected chi connectivity index (χ4v) is 4.81. The molecule has 4 rings (SSSR count). The van der Waals surface area contributed by atoms with Crippen molar-refractivity contribution < 1.29 is 23.0 Å². The van der Waals surface area contributed by atoms with Gasteiger partial charge in [0.1, 0.15) is 17.7 Å².